The minimum absolute atomic E-state index is 0.891. The number of aromatic nitrogens is 3. The first kappa shape index (κ1) is 17.6. The van der Waals surface area contributed by atoms with Crippen molar-refractivity contribution in [2.45, 2.75) is 6.92 Å². The molecule has 5 heterocycles. The molecule has 0 atom stereocenters. The third-order valence-corrected chi connectivity index (χ3v) is 7.55. The highest BCUT2D eigenvalue weighted by Gasteiger charge is 2.16. The highest BCUT2D eigenvalue weighted by Crippen LogP contribution is 2.39. The molecule has 5 aromatic heterocycles. The summed E-state index contributed by atoms with van der Waals surface area (Å²) in [6, 6.07) is 25.5. The van der Waals surface area contributed by atoms with Gasteiger partial charge in [-0.05, 0) is 55.5 Å². The molecule has 144 valence electrons. The molecule has 0 aliphatic carbocycles. The van der Waals surface area contributed by atoms with Gasteiger partial charge in [-0.15, -0.1) is 22.7 Å². The fourth-order valence-corrected chi connectivity index (χ4v) is 5.90. The second kappa shape index (κ2) is 6.90. The first-order chi connectivity index (χ1) is 14.8. The Morgan fingerprint density at radius 2 is 1.53 bits per heavy atom. The van der Waals surface area contributed by atoms with Gasteiger partial charge >= 0.3 is 0 Å². The Morgan fingerprint density at radius 1 is 0.700 bits per heavy atom. The number of pyridine rings is 2. The summed E-state index contributed by atoms with van der Waals surface area (Å²) in [4.78, 5) is 13.2. The van der Waals surface area contributed by atoms with Crippen LogP contribution in [-0.4, -0.2) is 14.5 Å². The van der Waals surface area contributed by atoms with Gasteiger partial charge in [-0.1, -0.05) is 24.3 Å². The van der Waals surface area contributed by atoms with E-state index in [1.807, 2.05) is 53.3 Å². The van der Waals surface area contributed by atoms with Gasteiger partial charge in [0, 0.05) is 31.6 Å². The van der Waals surface area contributed by atoms with E-state index in [1.54, 1.807) is 0 Å². The maximum absolute atomic E-state index is 4.75. The molecular weight excluding hydrogens is 406 g/mol. The van der Waals surface area contributed by atoms with Gasteiger partial charge in [-0.2, -0.15) is 0 Å². The van der Waals surface area contributed by atoms with Crippen molar-refractivity contribution in [1.29, 1.82) is 0 Å². The summed E-state index contributed by atoms with van der Waals surface area (Å²) >= 11 is 3.66. The van der Waals surface area contributed by atoms with Gasteiger partial charge in [0.2, 0.25) is 0 Å². The van der Waals surface area contributed by atoms with Crippen LogP contribution >= 0.6 is 22.7 Å². The Hall–Kier alpha value is -3.28. The number of thiophene rings is 2. The van der Waals surface area contributed by atoms with Crippen molar-refractivity contribution in [1.82, 2.24) is 14.5 Å². The molecule has 30 heavy (non-hydrogen) atoms. The van der Waals surface area contributed by atoms with Crippen LogP contribution in [0.2, 0.25) is 0 Å². The SMILES string of the molecule is Cc1ccc(-c2ccc(-n3c4ccccc4c4cc(-c5ccccn5)ncc43)s2)s1. The minimum Gasteiger partial charge on any atom is -0.299 e. The van der Waals surface area contributed by atoms with Crippen molar-refractivity contribution >= 4 is 44.5 Å². The van der Waals surface area contributed by atoms with E-state index in [2.05, 4.69) is 71.1 Å². The Morgan fingerprint density at radius 3 is 2.37 bits per heavy atom. The molecule has 1 aromatic carbocycles. The highest BCUT2D eigenvalue weighted by molar-refractivity contribution is 7.23. The molecule has 6 aromatic rings. The number of rotatable bonds is 3. The molecule has 6 rings (SSSR count). The number of hydrogen-bond donors (Lipinski definition) is 0. The number of aryl methyl sites for hydroxylation is 1. The van der Waals surface area contributed by atoms with Crippen LogP contribution in [0.4, 0.5) is 0 Å². The molecule has 0 aliphatic rings. The zero-order valence-corrected chi connectivity index (χ0v) is 17.9. The summed E-state index contributed by atoms with van der Waals surface area (Å²) in [5.41, 5.74) is 4.10. The fraction of sp³-hybridized carbons (Fsp3) is 0.0400. The maximum atomic E-state index is 4.75. The molecule has 0 spiro atoms. The van der Waals surface area contributed by atoms with Crippen molar-refractivity contribution in [2.24, 2.45) is 0 Å². The number of nitrogens with zero attached hydrogens (tertiary/aromatic N) is 3. The van der Waals surface area contributed by atoms with Gasteiger partial charge < -0.3 is 0 Å². The molecule has 0 aliphatic heterocycles. The van der Waals surface area contributed by atoms with E-state index in [4.69, 9.17) is 4.98 Å². The summed E-state index contributed by atoms with van der Waals surface area (Å²) in [7, 11) is 0. The lowest BCUT2D eigenvalue weighted by atomic mass is 10.1. The molecule has 0 amide bonds. The van der Waals surface area contributed by atoms with Gasteiger partial charge in [0.15, 0.2) is 0 Å². The quantitative estimate of drug-likeness (QED) is 0.298. The number of benzene rings is 1. The van der Waals surface area contributed by atoms with Crippen LogP contribution in [-0.2, 0) is 0 Å². The molecule has 5 heteroatoms. The van der Waals surface area contributed by atoms with E-state index in [0.717, 1.165) is 16.9 Å². The van der Waals surface area contributed by atoms with Gasteiger partial charge in [-0.25, -0.2) is 0 Å². The van der Waals surface area contributed by atoms with E-state index in [-0.39, 0.29) is 0 Å². The van der Waals surface area contributed by atoms with E-state index >= 15 is 0 Å². The topological polar surface area (TPSA) is 30.7 Å². The second-order valence-electron chi connectivity index (χ2n) is 7.20. The summed E-state index contributed by atoms with van der Waals surface area (Å²) in [6.45, 7) is 2.15. The predicted molar refractivity (Wildman–Crippen MR) is 128 cm³/mol. The van der Waals surface area contributed by atoms with E-state index in [9.17, 15) is 0 Å². The predicted octanol–water partition coefficient (Wildman–Crippen LogP) is 7.34. The van der Waals surface area contributed by atoms with Crippen LogP contribution in [0.3, 0.4) is 0 Å². The van der Waals surface area contributed by atoms with Crippen LogP contribution in [0.5, 0.6) is 0 Å². The van der Waals surface area contributed by atoms with Crippen LogP contribution in [0, 0.1) is 6.92 Å². The average Bonchev–Trinajstić information content (AvgIpc) is 3.51. The lowest BCUT2D eigenvalue weighted by Gasteiger charge is -2.04. The Balaban J connectivity index is 1.58. The summed E-state index contributed by atoms with van der Waals surface area (Å²) in [6.07, 6.45) is 3.79. The molecular formula is C25H17N3S2. The third-order valence-electron chi connectivity index (χ3n) is 5.28. The van der Waals surface area contributed by atoms with Crippen LogP contribution in [0.15, 0.2) is 85.2 Å². The van der Waals surface area contributed by atoms with Crippen molar-refractivity contribution in [3.8, 4) is 26.1 Å². The van der Waals surface area contributed by atoms with Crippen molar-refractivity contribution in [3.05, 3.63) is 90.1 Å². The molecule has 0 saturated heterocycles. The largest absolute Gasteiger partial charge is 0.299 e. The van der Waals surface area contributed by atoms with Gasteiger partial charge in [0.1, 0.15) is 5.00 Å². The maximum Gasteiger partial charge on any atom is 0.101 e. The second-order valence-corrected chi connectivity index (χ2v) is 9.55. The lowest BCUT2D eigenvalue weighted by Crippen LogP contribution is -1.91. The number of hydrogen-bond acceptors (Lipinski definition) is 4. The summed E-state index contributed by atoms with van der Waals surface area (Å²) in [5.74, 6) is 0. The van der Waals surface area contributed by atoms with Crippen LogP contribution < -0.4 is 0 Å². The van der Waals surface area contributed by atoms with Crippen LogP contribution in [0.25, 0.3) is 47.9 Å². The highest BCUT2D eigenvalue weighted by atomic mass is 32.1. The molecule has 0 unspecified atom stereocenters. The average molecular weight is 424 g/mol. The first-order valence-corrected chi connectivity index (χ1v) is 11.4. The first-order valence-electron chi connectivity index (χ1n) is 9.75. The monoisotopic (exact) mass is 423 g/mol. The Labute approximate surface area is 181 Å². The summed E-state index contributed by atoms with van der Waals surface area (Å²) < 4.78 is 2.33. The van der Waals surface area contributed by atoms with Gasteiger partial charge in [-0.3, -0.25) is 14.5 Å². The zero-order valence-electron chi connectivity index (χ0n) is 16.2. The standard InChI is InChI=1S/C25H17N3S2/c1-16-9-10-23(29-16)24-11-12-25(30-24)28-21-8-3-2-6-17(21)18-14-20(27-15-22(18)28)19-7-4-5-13-26-19/h2-15H,1H3. The molecule has 0 radical (unpaired) electrons. The third kappa shape index (κ3) is 2.78. The minimum atomic E-state index is 0.891. The van der Waals surface area contributed by atoms with Gasteiger partial charge in [0.25, 0.3) is 0 Å². The van der Waals surface area contributed by atoms with E-state index in [0.29, 0.717) is 0 Å². The van der Waals surface area contributed by atoms with Gasteiger partial charge in [0.05, 0.1) is 28.6 Å². The molecule has 0 bridgehead atoms. The van der Waals surface area contributed by atoms with E-state index in [1.165, 1.54) is 35.9 Å². The normalized spacial score (nSPS) is 11.5. The number of para-hydroxylation sites is 1. The smallest absolute Gasteiger partial charge is 0.101 e. The van der Waals surface area contributed by atoms with Crippen molar-refractivity contribution < 1.29 is 0 Å². The lowest BCUT2D eigenvalue weighted by molar-refractivity contribution is 1.19. The molecule has 0 saturated carbocycles. The van der Waals surface area contributed by atoms with Crippen LogP contribution in [0.1, 0.15) is 4.88 Å². The fourth-order valence-electron chi connectivity index (χ4n) is 3.91. The van der Waals surface area contributed by atoms with E-state index < -0.39 is 0 Å². The Bertz CT molecular complexity index is 1510. The number of fused-ring (bicyclic) bond motifs is 3. The molecule has 0 fully saturated rings. The van der Waals surface area contributed by atoms with Crippen molar-refractivity contribution in [2.75, 3.05) is 0 Å². The zero-order chi connectivity index (χ0) is 20.1. The van der Waals surface area contributed by atoms with Crippen molar-refractivity contribution in [3.63, 3.8) is 0 Å². The summed E-state index contributed by atoms with van der Waals surface area (Å²) in [5, 5.41) is 3.63. The molecule has 0 N–H and O–H groups in total. The molecule has 3 nitrogen and oxygen atoms in total. The Kier molecular flexibility index (Phi) is 4.04.